The molecule has 0 aliphatic rings. The number of aromatic amines is 2. The second-order valence-corrected chi connectivity index (χ2v) is 3.64. The minimum atomic E-state index is 0.625. The third-order valence-electron chi connectivity index (χ3n) is 2.54. The fourth-order valence-electron chi connectivity index (χ4n) is 1.50. The zero-order valence-corrected chi connectivity index (χ0v) is 8.96. The molecule has 2 aromatic heterocycles. The van der Waals surface area contributed by atoms with Crippen molar-refractivity contribution in [1.29, 1.82) is 0 Å². The summed E-state index contributed by atoms with van der Waals surface area (Å²) in [5.74, 6) is 0. The molecule has 0 spiro atoms. The Labute approximate surface area is 88.1 Å². The molecule has 4 N–H and O–H groups in total. The van der Waals surface area contributed by atoms with Gasteiger partial charge in [-0.3, -0.25) is 10.2 Å². The van der Waals surface area contributed by atoms with E-state index in [0.717, 1.165) is 34.8 Å². The summed E-state index contributed by atoms with van der Waals surface area (Å²) in [6.07, 6.45) is 0.815. The Balaban J connectivity index is 2.33. The lowest BCUT2D eigenvalue weighted by atomic mass is 10.1. The molecule has 2 heterocycles. The van der Waals surface area contributed by atoms with Gasteiger partial charge in [0, 0.05) is 17.8 Å². The molecule has 0 atom stereocenters. The first-order valence-corrected chi connectivity index (χ1v) is 4.98. The molecule has 0 fully saturated rings. The summed E-state index contributed by atoms with van der Waals surface area (Å²) < 4.78 is 0. The van der Waals surface area contributed by atoms with E-state index in [0.29, 0.717) is 6.54 Å². The average molecular weight is 205 g/mol. The van der Waals surface area contributed by atoms with Crippen molar-refractivity contribution in [3.8, 4) is 11.4 Å². The van der Waals surface area contributed by atoms with Crippen LogP contribution < -0.4 is 5.73 Å². The highest BCUT2D eigenvalue weighted by atomic mass is 15.2. The van der Waals surface area contributed by atoms with Crippen LogP contribution in [0.5, 0.6) is 0 Å². The van der Waals surface area contributed by atoms with Crippen molar-refractivity contribution in [3.63, 3.8) is 0 Å². The molecule has 0 bridgehead atoms. The molecule has 0 aliphatic heterocycles. The third-order valence-corrected chi connectivity index (χ3v) is 2.54. The van der Waals surface area contributed by atoms with Gasteiger partial charge in [0.15, 0.2) is 0 Å². The van der Waals surface area contributed by atoms with E-state index in [1.807, 2.05) is 19.9 Å². The van der Waals surface area contributed by atoms with Crippen molar-refractivity contribution in [2.45, 2.75) is 20.3 Å². The molecule has 5 nitrogen and oxygen atoms in total. The normalized spacial score (nSPS) is 10.9. The summed E-state index contributed by atoms with van der Waals surface area (Å²) in [7, 11) is 0. The molecule has 15 heavy (non-hydrogen) atoms. The summed E-state index contributed by atoms with van der Waals surface area (Å²) in [5, 5.41) is 14.3. The van der Waals surface area contributed by atoms with Crippen molar-refractivity contribution >= 4 is 0 Å². The van der Waals surface area contributed by atoms with Crippen LogP contribution in [0.2, 0.25) is 0 Å². The summed E-state index contributed by atoms with van der Waals surface area (Å²) in [4.78, 5) is 0. The van der Waals surface area contributed by atoms with Crippen LogP contribution >= 0.6 is 0 Å². The van der Waals surface area contributed by atoms with Crippen LogP contribution in [0, 0.1) is 13.8 Å². The second kappa shape index (κ2) is 3.86. The van der Waals surface area contributed by atoms with Gasteiger partial charge in [-0.15, -0.1) is 0 Å². The van der Waals surface area contributed by atoms with Gasteiger partial charge in [-0.1, -0.05) is 0 Å². The molecule has 0 saturated carbocycles. The van der Waals surface area contributed by atoms with E-state index >= 15 is 0 Å². The summed E-state index contributed by atoms with van der Waals surface area (Å²) in [6.45, 7) is 4.66. The number of nitrogens with zero attached hydrogens (tertiary/aromatic N) is 2. The number of hydrogen-bond donors (Lipinski definition) is 3. The fraction of sp³-hybridized carbons (Fsp3) is 0.400. The number of aryl methyl sites for hydroxylation is 1. The minimum absolute atomic E-state index is 0.625. The molecule has 5 heteroatoms. The zero-order valence-electron chi connectivity index (χ0n) is 8.96. The monoisotopic (exact) mass is 205 g/mol. The Morgan fingerprint density at radius 3 is 2.67 bits per heavy atom. The molecule has 80 valence electrons. The molecule has 0 unspecified atom stereocenters. The van der Waals surface area contributed by atoms with Crippen LogP contribution in [0.25, 0.3) is 11.4 Å². The first-order chi connectivity index (χ1) is 7.22. The van der Waals surface area contributed by atoms with Gasteiger partial charge in [0.2, 0.25) is 0 Å². The quantitative estimate of drug-likeness (QED) is 0.696. The topological polar surface area (TPSA) is 83.4 Å². The third kappa shape index (κ3) is 1.78. The highest BCUT2D eigenvalue weighted by Gasteiger charge is 2.11. The van der Waals surface area contributed by atoms with E-state index < -0.39 is 0 Å². The molecular formula is C10H15N5. The Morgan fingerprint density at radius 1 is 1.27 bits per heavy atom. The molecule has 0 amide bonds. The number of nitrogens with two attached hydrogens (primary N) is 1. The van der Waals surface area contributed by atoms with Crippen LogP contribution in [0.4, 0.5) is 0 Å². The van der Waals surface area contributed by atoms with E-state index in [9.17, 15) is 0 Å². The van der Waals surface area contributed by atoms with E-state index in [2.05, 4.69) is 20.4 Å². The van der Waals surface area contributed by atoms with Gasteiger partial charge in [-0.2, -0.15) is 10.2 Å². The highest BCUT2D eigenvalue weighted by molar-refractivity contribution is 5.59. The summed E-state index contributed by atoms with van der Waals surface area (Å²) >= 11 is 0. The standard InChI is InChI=1S/C10H15N5/c1-6-7(2)12-15-10(6)9-5-8(3-4-11)13-14-9/h5H,3-4,11H2,1-2H3,(H,12,15)(H,13,14). The average Bonchev–Trinajstić information content (AvgIpc) is 2.77. The van der Waals surface area contributed by atoms with E-state index in [1.165, 1.54) is 0 Å². The lowest BCUT2D eigenvalue weighted by Crippen LogP contribution is -2.02. The Morgan fingerprint density at radius 2 is 2.07 bits per heavy atom. The number of aromatic nitrogens is 4. The van der Waals surface area contributed by atoms with Gasteiger partial charge in [0.1, 0.15) is 11.4 Å². The highest BCUT2D eigenvalue weighted by Crippen LogP contribution is 2.21. The first-order valence-electron chi connectivity index (χ1n) is 4.98. The van der Waals surface area contributed by atoms with Gasteiger partial charge < -0.3 is 5.73 Å². The molecule has 0 aromatic carbocycles. The Kier molecular flexibility index (Phi) is 2.55. The maximum absolute atomic E-state index is 5.47. The lowest BCUT2D eigenvalue weighted by molar-refractivity contribution is 0.901. The predicted molar refractivity (Wildman–Crippen MR) is 58.4 cm³/mol. The Hall–Kier alpha value is -1.62. The largest absolute Gasteiger partial charge is 0.330 e. The van der Waals surface area contributed by atoms with Crippen molar-refractivity contribution in [2.75, 3.05) is 6.54 Å². The smallest absolute Gasteiger partial charge is 0.115 e. The summed E-state index contributed by atoms with van der Waals surface area (Å²) in [5.41, 5.74) is 10.5. The Bertz CT molecular complexity index is 454. The van der Waals surface area contributed by atoms with Crippen molar-refractivity contribution in [3.05, 3.63) is 23.0 Å². The molecule has 0 saturated heterocycles. The van der Waals surface area contributed by atoms with Gasteiger partial charge in [-0.25, -0.2) is 0 Å². The maximum Gasteiger partial charge on any atom is 0.115 e. The number of hydrogen-bond acceptors (Lipinski definition) is 3. The van der Waals surface area contributed by atoms with E-state index in [-0.39, 0.29) is 0 Å². The molecule has 0 aliphatic carbocycles. The van der Waals surface area contributed by atoms with Crippen molar-refractivity contribution < 1.29 is 0 Å². The molecule has 0 radical (unpaired) electrons. The first kappa shape index (κ1) is 9.92. The SMILES string of the molecule is Cc1[nH]nc(-c2cc(CCN)[nH]n2)c1C. The predicted octanol–water partition coefficient (Wildman–Crippen LogP) is 0.918. The fourth-order valence-corrected chi connectivity index (χ4v) is 1.50. The van der Waals surface area contributed by atoms with Crippen molar-refractivity contribution in [2.24, 2.45) is 5.73 Å². The zero-order chi connectivity index (χ0) is 10.8. The van der Waals surface area contributed by atoms with Crippen LogP contribution in [-0.4, -0.2) is 26.9 Å². The van der Waals surface area contributed by atoms with Crippen LogP contribution in [0.1, 0.15) is 17.0 Å². The van der Waals surface area contributed by atoms with E-state index in [4.69, 9.17) is 5.73 Å². The van der Waals surface area contributed by atoms with Gasteiger partial charge in [0.25, 0.3) is 0 Å². The van der Waals surface area contributed by atoms with Gasteiger partial charge >= 0.3 is 0 Å². The number of nitrogens with one attached hydrogen (secondary N) is 2. The van der Waals surface area contributed by atoms with Gasteiger partial charge in [0.05, 0.1) is 0 Å². The minimum Gasteiger partial charge on any atom is -0.330 e. The van der Waals surface area contributed by atoms with Crippen LogP contribution in [0.15, 0.2) is 6.07 Å². The number of H-pyrrole nitrogens is 2. The lowest BCUT2D eigenvalue weighted by Gasteiger charge is -1.91. The molecule has 2 rings (SSSR count). The van der Waals surface area contributed by atoms with Crippen LogP contribution in [-0.2, 0) is 6.42 Å². The molecule has 2 aromatic rings. The number of rotatable bonds is 3. The molecular weight excluding hydrogens is 190 g/mol. The second-order valence-electron chi connectivity index (χ2n) is 3.64. The van der Waals surface area contributed by atoms with Crippen LogP contribution in [0.3, 0.4) is 0 Å². The van der Waals surface area contributed by atoms with E-state index in [1.54, 1.807) is 0 Å². The summed E-state index contributed by atoms with van der Waals surface area (Å²) in [6, 6.07) is 2.00. The maximum atomic E-state index is 5.47. The van der Waals surface area contributed by atoms with Gasteiger partial charge in [-0.05, 0) is 32.0 Å². The van der Waals surface area contributed by atoms with Crippen molar-refractivity contribution in [1.82, 2.24) is 20.4 Å².